The summed E-state index contributed by atoms with van der Waals surface area (Å²) < 4.78 is 6.89. The van der Waals surface area contributed by atoms with Gasteiger partial charge in [0.05, 0.1) is 5.39 Å². The molecule has 146 valence electrons. The summed E-state index contributed by atoms with van der Waals surface area (Å²) in [7, 11) is 0. The number of carbonyl (C=O) groups excluding carboxylic acids is 2. The molecule has 0 aliphatic carbocycles. The third-order valence-electron chi connectivity index (χ3n) is 4.95. The van der Waals surface area contributed by atoms with Crippen molar-refractivity contribution < 1.29 is 14.3 Å². The Balaban J connectivity index is 1.84. The number of hydrogen-bond acceptors (Lipinski definition) is 6. The van der Waals surface area contributed by atoms with Crippen LogP contribution >= 0.6 is 11.3 Å². The lowest BCUT2D eigenvalue weighted by Gasteiger charge is -2.11. The van der Waals surface area contributed by atoms with E-state index in [1.165, 1.54) is 11.3 Å². The van der Waals surface area contributed by atoms with Crippen molar-refractivity contribution in [1.82, 2.24) is 14.9 Å². The maximum absolute atomic E-state index is 12.9. The Hall–Kier alpha value is -2.22. The van der Waals surface area contributed by atoms with Gasteiger partial charge in [0, 0.05) is 19.0 Å². The van der Waals surface area contributed by atoms with Gasteiger partial charge in [0.15, 0.2) is 6.61 Å². The lowest BCUT2D eigenvalue weighted by Crippen LogP contribution is -2.35. The Labute approximate surface area is 161 Å². The topological polar surface area (TPSA) is 90.3 Å². The van der Waals surface area contributed by atoms with E-state index in [0.717, 1.165) is 37.9 Å². The van der Waals surface area contributed by atoms with Crippen molar-refractivity contribution in [1.29, 1.82) is 0 Å². The molecule has 1 amide bonds. The van der Waals surface area contributed by atoms with Gasteiger partial charge >= 0.3 is 5.97 Å². The van der Waals surface area contributed by atoms with Gasteiger partial charge < -0.3 is 10.1 Å². The molecule has 1 aliphatic heterocycles. The predicted octanol–water partition coefficient (Wildman–Crippen LogP) is 2.56. The summed E-state index contributed by atoms with van der Waals surface area (Å²) in [6.07, 6.45) is 4.64. The van der Waals surface area contributed by atoms with Crippen LogP contribution in [-0.2, 0) is 22.5 Å². The molecule has 1 aliphatic rings. The quantitative estimate of drug-likeness (QED) is 0.791. The average Bonchev–Trinajstić information content (AvgIpc) is 2.82. The highest BCUT2D eigenvalue weighted by Crippen LogP contribution is 2.28. The number of nitrogens with one attached hydrogen (secondary N) is 1. The number of nitrogens with zero attached hydrogens (tertiary/aromatic N) is 2. The molecule has 1 unspecified atom stereocenters. The molecule has 2 aromatic rings. The van der Waals surface area contributed by atoms with E-state index in [0.29, 0.717) is 27.2 Å². The summed E-state index contributed by atoms with van der Waals surface area (Å²) in [6, 6.07) is 0.0295. The van der Waals surface area contributed by atoms with Gasteiger partial charge in [-0.15, -0.1) is 11.3 Å². The number of thiophene rings is 1. The standard InChI is InChI=1S/C19H25N3O4S/c1-4-11(2)20-14(23)10-26-19(25)16-12(3)15-17(27-16)21-13-8-6-5-7-9-22(13)18(15)24/h11H,4-10H2,1-3H3,(H,20,23). The number of hydrogen-bond donors (Lipinski definition) is 1. The van der Waals surface area contributed by atoms with E-state index in [1.54, 1.807) is 11.5 Å². The number of aromatic nitrogens is 2. The zero-order chi connectivity index (χ0) is 19.6. The Morgan fingerprint density at radius 3 is 2.85 bits per heavy atom. The number of carbonyl (C=O) groups is 2. The summed E-state index contributed by atoms with van der Waals surface area (Å²) in [6.45, 7) is 5.92. The van der Waals surface area contributed by atoms with Gasteiger partial charge in [0.1, 0.15) is 15.5 Å². The number of ether oxygens (including phenoxy) is 1. The van der Waals surface area contributed by atoms with Crippen molar-refractivity contribution in [2.24, 2.45) is 0 Å². The van der Waals surface area contributed by atoms with Crippen molar-refractivity contribution in [2.45, 2.75) is 65.5 Å². The first-order valence-corrected chi connectivity index (χ1v) is 10.2. The molecule has 27 heavy (non-hydrogen) atoms. The summed E-state index contributed by atoms with van der Waals surface area (Å²) in [4.78, 5) is 42.7. The van der Waals surface area contributed by atoms with Crippen LogP contribution in [-0.4, -0.2) is 34.1 Å². The largest absolute Gasteiger partial charge is 0.451 e. The molecule has 8 heteroatoms. The van der Waals surface area contributed by atoms with Crippen molar-refractivity contribution in [3.8, 4) is 0 Å². The number of esters is 1. The molecule has 0 radical (unpaired) electrons. The molecule has 0 aromatic carbocycles. The van der Waals surface area contributed by atoms with E-state index < -0.39 is 5.97 Å². The first-order chi connectivity index (χ1) is 12.9. The lowest BCUT2D eigenvalue weighted by molar-refractivity contribution is -0.124. The number of amides is 1. The second-order valence-electron chi connectivity index (χ2n) is 6.98. The van der Waals surface area contributed by atoms with Gasteiger partial charge in [0.25, 0.3) is 11.5 Å². The lowest BCUT2D eigenvalue weighted by atomic mass is 10.2. The monoisotopic (exact) mass is 391 g/mol. The minimum atomic E-state index is -0.589. The normalized spacial score (nSPS) is 15.1. The molecule has 3 rings (SSSR count). The van der Waals surface area contributed by atoms with Gasteiger partial charge in [-0.2, -0.15) is 0 Å². The van der Waals surface area contributed by atoms with E-state index in [9.17, 15) is 14.4 Å². The van der Waals surface area contributed by atoms with Gasteiger partial charge in [0.2, 0.25) is 0 Å². The summed E-state index contributed by atoms with van der Waals surface area (Å²) in [5.41, 5.74) is 0.499. The molecule has 1 atom stereocenters. The molecule has 2 aromatic heterocycles. The van der Waals surface area contributed by atoms with E-state index in [1.807, 2.05) is 13.8 Å². The predicted molar refractivity (Wildman–Crippen MR) is 104 cm³/mol. The first-order valence-electron chi connectivity index (χ1n) is 9.41. The third-order valence-corrected chi connectivity index (χ3v) is 6.12. The van der Waals surface area contributed by atoms with Crippen LogP contribution in [0.25, 0.3) is 10.2 Å². The van der Waals surface area contributed by atoms with E-state index in [2.05, 4.69) is 10.3 Å². The van der Waals surface area contributed by atoms with Crippen molar-refractivity contribution in [3.63, 3.8) is 0 Å². The van der Waals surface area contributed by atoms with Crippen LogP contribution in [0.1, 0.15) is 60.6 Å². The number of fused-ring (bicyclic) bond motifs is 2. The zero-order valence-electron chi connectivity index (χ0n) is 16.0. The van der Waals surface area contributed by atoms with E-state index >= 15 is 0 Å². The van der Waals surface area contributed by atoms with Crippen LogP contribution in [0.15, 0.2) is 4.79 Å². The molecule has 0 saturated carbocycles. The fourth-order valence-corrected chi connectivity index (χ4v) is 4.30. The number of aryl methyl sites for hydroxylation is 2. The zero-order valence-corrected chi connectivity index (χ0v) is 16.8. The number of rotatable bonds is 5. The van der Waals surface area contributed by atoms with E-state index in [-0.39, 0.29) is 24.1 Å². The maximum Gasteiger partial charge on any atom is 0.349 e. The third kappa shape index (κ3) is 4.05. The summed E-state index contributed by atoms with van der Waals surface area (Å²) in [5.74, 6) is -0.130. The van der Waals surface area contributed by atoms with Crippen molar-refractivity contribution in [3.05, 3.63) is 26.6 Å². The van der Waals surface area contributed by atoms with E-state index in [4.69, 9.17) is 4.74 Å². The van der Waals surface area contributed by atoms with Crippen LogP contribution in [0.5, 0.6) is 0 Å². The summed E-state index contributed by atoms with van der Waals surface area (Å²) in [5, 5.41) is 3.24. The first kappa shape index (κ1) is 19.5. The summed E-state index contributed by atoms with van der Waals surface area (Å²) >= 11 is 1.17. The smallest absolute Gasteiger partial charge is 0.349 e. The Morgan fingerprint density at radius 1 is 1.33 bits per heavy atom. The SMILES string of the molecule is CCC(C)NC(=O)COC(=O)c1sc2nc3n(c(=O)c2c1C)CCCCC3. The van der Waals surface area contributed by atoms with Crippen molar-refractivity contribution >= 4 is 33.4 Å². The molecular weight excluding hydrogens is 366 g/mol. The second kappa shape index (κ2) is 8.21. The molecule has 0 saturated heterocycles. The highest BCUT2D eigenvalue weighted by Gasteiger charge is 2.23. The van der Waals surface area contributed by atoms with Gasteiger partial charge in [-0.25, -0.2) is 9.78 Å². The fraction of sp³-hybridized carbons (Fsp3) is 0.579. The minimum absolute atomic E-state index is 0.0295. The van der Waals surface area contributed by atoms with Gasteiger partial charge in [-0.1, -0.05) is 13.3 Å². The maximum atomic E-state index is 12.9. The molecule has 7 nitrogen and oxygen atoms in total. The molecular formula is C19H25N3O4S. The molecule has 0 fully saturated rings. The van der Waals surface area contributed by atoms with Crippen LogP contribution < -0.4 is 10.9 Å². The average molecular weight is 391 g/mol. The van der Waals surface area contributed by atoms with Crippen LogP contribution in [0.2, 0.25) is 0 Å². The van der Waals surface area contributed by atoms with Gasteiger partial charge in [-0.3, -0.25) is 14.2 Å². The minimum Gasteiger partial charge on any atom is -0.451 e. The second-order valence-corrected chi connectivity index (χ2v) is 7.98. The van der Waals surface area contributed by atoms with Crippen LogP contribution in [0, 0.1) is 6.92 Å². The molecule has 1 N–H and O–H groups in total. The van der Waals surface area contributed by atoms with Gasteiger partial charge in [-0.05, 0) is 38.7 Å². The molecule has 0 spiro atoms. The molecule has 0 bridgehead atoms. The molecule has 3 heterocycles. The Morgan fingerprint density at radius 2 is 2.11 bits per heavy atom. The Kier molecular flexibility index (Phi) is 5.94. The highest BCUT2D eigenvalue weighted by atomic mass is 32.1. The fourth-order valence-electron chi connectivity index (χ4n) is 3.22. The van der Waals surface area contributed by atoms with Crippen molar-refractivity contribution in [2.75, 3.05) is 6.61 Å². The van der Waals surface area contributed by atoms with Crippen LogP contribution in [0.3, 0.4) is 0 Å². The Bertz CT molecular complexity index is 931. The highest BCUT2D eigenvalue weighted by molar-refractivity contribution is 7.20. The van der Waals surface area contributed by atoms with Crippen LogP contribution in [0.4, 0.5) is 0 Å².